The molecular weight excluding hydrogens is 482 g/mol. The van der Waals surface area contributed by atoms with Crippen molar-refractivity contribution >= 4 is 22.5 Å². The lowest BCUT2D eigenvalue weighted by atomic mass is 9.99. The Morgan fingerprint density at radius 3 is 2.18 bits per heavy atom. The van der Waals surface area contributed by atoms with E-state index in [0.717, 1.165) is 54.6 Å². The van der Waals surface area contributed by atoms with E-state index in [-0.39, 0.29) is 11.3 Å². The van der Waals surface area contributed by atoms with Crippen LogP contribution in [0.2, 0.25) is 0 Å². The number of benzene rings is 3. The average molecular weight is 512 g/mol. The number of unbranched alkanes of at least 4 members (excludes halogenated alkanes) is 3. The van der Waals surface area contributed by atoms with Gasteiger partial charge < -0.3 is 10.1 Å². The Morgan fingerprint density at radius 2 is 1.50 bits per heavy atom. The fourth-order valence-electron chi connectivity index (χ4n) is 4.40. The van der Waals surface area contributed by atoms with Crippen LogP contribution >= 0.6 is 0 Å². The van der Waals surface area contributed by atoms with Gasteiger partial charge in [0.15, 0.2) is 5.75 Å². The first-order chi connectivity index (χ1) is 18.7. The maximum absolute atomic E-state index is 12.7. The molecule has 0 saturated carbocycles. The highest BCUT2D eigenvalue weighted by molar-refractivity contribution is 6.10. The monoisotopic (exact) mass is 511 g/mol. The number of nitroso groups, excluding NO2 is 2. The molecule has 9 nitrogen and oxygen atoms in total. The Kier molecular flexibility index (Phi) is 9.07. The quantitative estimate of drug-likeness (QED) is 0.117. The van der Waals surface area contributed by atoms with E-state index in [0.29, 0.717) is 23.1 Å². The summed E-state index contributed by atoms with van der Waals surface area (Å²) in [5.41, 5.74) is 7.21. The number of hydrogen-bond acceptors (Lipinski definition) is 8. The molecule has 0 atom stereocenters. The minimum Gasteiger partial charge on any atom is -0.494 e. The molecule has 1 aromatic heterocycles. The number of para-hydroxylation sites is 1. The Morgan fingerprint density at radius 1 is 0.842 bits per heavy atom. The fraction of sp³-hybridized carbons (Fsp3) is 0.241. The van der Waals surface area contributed by atoms with Crippen molar-refractivity contribution in [3.8, 4) is 28.1 Å². The third-order valence-corrected chi connectivity index (χ3v) is 6.31. The number of nitrogens with one attached hydrogen (secondary N) is 2. The van der Waals surface area contributed by atoms with Crippen LogP contribution in [-0.2, 0) is 0 Å². The number of rotatable bonds is 13. The summed E-state index contributed by atoms with van der Waals surface area (Å²) in [6.07, 6.45) is 4.00. The van der Waals surface area contributed by atoms with Crippen molar-refractivity contribution in [1.82, 2.24) is 10.4 Å². The first-order valence-corrected chi connectivity index (χ1v) is 12.5. The molecule has 0 saturated heterocycles. The van der Waals surface area contributed by atoms with Gasteiger partial charge in [-0.3, -0.25) is 4.79 Å². The fourth-order valence-corrected chi connectivity index (χ4v) is 4.40. The van der Waals surface area contributed by atoms with Crippen molar-refractivity contribution < 1.29 is 9.53 Å². The maximum atomic E-state index is 12.7. The highest BCUT2D eigenvalue weighted by atomic mass is 16.5. The summed E-state index contributed by atoms with van der Waals surface area (Å²) in [4.78, 5) is 38.3. The first-order valence-electron chi connectivity index (χ1n) is 12.5. The van der Waals surface area contributed by atoms with Gasteiger partial charge in [-0.1, -0.05) is 72.6 Å². The zero-order valence-corrected chi connectivity index (χ0v) is 21.1. The van der Waals surface area contributed by atoms with Gasteiger partial charge in [-0.25, -0.2) is 10.4 Å². The third-order valence-electron chi connectivity index (χ3n) is 6.31. The number of carbonyl (C=O) groups excluding carboxylic acids is 1. The molecule has 38 heavy (non-hydrogen) atoms. The van der Waals surface area contributed by atoms with Crippen molar-refractivity contribution in [1.29, 1.82) is 0 Å². The van der Waals surface area contributed by atoms with Crippen LogP contribution in [0.25, 0.3) is 33.3 Å². The number of ether oxygens (including phenoxy) is 1. The molecule has 0 aliphatic rings. The van der Waals surface area contributed by atoms with Crippen LogP contribution < -0.4 is 15.5 Å². The van der Waals surface area contributed by atoms with Gasteiger partial charge in [0, 0.05) is 23.2 Å². The van der Waals surface area contributed by atoms with E-state index in [1.807, 2.05) is 35.8 Å². The van der Waals surface area contributed by atoms with Gasteiger partial charge in [0.05, 0.1) is 30.0 Å². The second kappa shape index (κ2) is 13.0. The molecule has 0 bridgehead atoms. The van der Waals surface area contributed by atoms with E-state index >= 15 is 0 Å². The molecule has 194 valence electrons. The summed E-state index contributed by atoms with van der Waals surface area (Å²) in [7, 11) is 1.47. The Labute approximate surface area is 220 Å². The van der Waals surface area contributed by atoms with Gasteiger partial charge in [0.2, 0.25) is 0 Å². The zero-order valence-electron chi connectivity index (χ0n) is 21.1. The van der Waals surface area contributed by atoms with Crippen molar-refractivity contribution in [2.24, 2.45) is 10.5 Å². The number of nitrogens with zero attached hydrogens (tertiary/aromatic N) is 3. The summed E-state index contributed by atoms with van der Waals surface area (Å²) in [5.74, 6) is -0.384. The summed E-state index contributed by atoms with van der Waals surface area (Å²) < 4.78 is 5.61. The third kappa shape index (κ3) is 6.18. The van der Waals surface area contributed by atoms with Gasteiger partial charge in [-0.05, 0) is 42.2 Å². The lowest BCUT2D eigenvalue weighted by Gasteiger charge is -2.15. The minimum absolute atomic E-state index is 0.206. The van der Waals surface area contributed by atoms with Crippen LogP contribution in [0.1, 0.15) is 36.0 Å². The number of pyridine rings is 1. The van der Waals surface area contributed by atoms with E-state index in [2.05, 4.69) is 40.0 Å². The second-order valence-corrected chi connectivity index (χ2v) is 8.77. The molecule has 4 rings (SSSR count). The average Bonchev–Trinajstić information content (AvgIpc) is 2.96. The Bertz CT molecular complexity index is 1410. The predicted octanol–water partition coefficient (Wildman–Crippen LogP) is 6.73. The van der Waals surface area contributed by atoms with E-state index < -0.39 is 5.91 Å². The van der Waals surface area contributed by atoms with Crippen molar-refractivity contribution in [2.45, 2.75) is 25.7 Å². The number of aromatic nitrogens is 1. The molecule has 0 radical (unpaired) electrons. The molecule has 1 heterocycles. The highest BCUT2D eigenvalue weighted by Crippen LogP contribution is 2.37. The second-order valence-electron chi connectivity index (χ2n) is 8.77. The molecule has 0 aliphatic heterocycles. The number of amides is 1. The molecule has 3 aromatic carbocycles. The molecular formula is C29H29N5O4. The summed E-state index contributed by atoms with van der Waals surface area (Å²) in [6, 6.07) is 23.3. The van der Waals surface area contributed by atoms with Crippen LogP contribution in [-0.4, -0.2) is 31.1 Å². The first kappa shape index (κ1) is 26.4. The smallest absolute Gasteiger partial charge is 0.278 e. The summed E-state index contributed by atoms with van der Waals surface area (Å²) >= 11 is 0. The van der Waals surface area contributed by atoms with E-state index in [9.17, 15) is 14.6 Å². The number of methoxy groups -OCH3 is 1. The van der Waals surface area contributed by atoms with Crippen LogP contribution in [0.15, 0.2) is 83.3 Å². The van der Waals surface area contributed by atoms with Crippen molar-refractivity contribution in [2.75, 3.05) is 25.5 Å². The molecule has 2 N–H and O–H groups in total. The van der Waals surface area contributed by atoms with Gasteiger partial charge in [0.1, 0.15) is 5.69 Å². The lowest BCUT2D eigenvalue weighted by Crippen LogP contribution is -2.18. The van der Waals surface area contributed by atoms with Gasteiger partial charge >= 0.3 is 0 Å². The summed E-state index contributed by atoms with van der Waals surface area (Å²) in [5, 5.41) is 9.42. The molecule has 9 heteroatoms. The lowest BCUT2D eigenvalue weighted by molar-refractivity contribution is 0.0953. The Hall–Kier alpha value is -4.66. The van der Waals surface area contributed by atoms with Crippen LogP contribution in [0.4, 0.5) is 5.69 Å². The molecule has 1 amide bonds. The number of carbonyl (C=O) groups is 1. The molecule has 0 unspecified atom stereocenters. The molecule has 0 fully saturated rings. The minimum atomic E-state index is -0.655. The number of fused-ring (bicyclic) bond motifs is 1. The predicted molar refractivity (Wildman–Crippen MR) is 150 cm³/mol. The van der Waals surface area contributed by atoms with E-state index in [4.69, 9.17) is 9.72 Å². The van der Waals surface area contributed by atoms with Crippen LogP contribution in [0.3, 0.4) is 0 Å². The van der Waals surface area contributed by atoms with Crippen LogP contribution in [0.5, 0.6) is 5.75 Å². The topological polar surface area (TPSA) is 122 Å². The standard InChI is InChI=1S/C29H29N5O4/c1-38-28-26(29(35)33-34-37)24-8-4-5-9-25(24)32-27(28)22-12-10-20(11-13-22)21-14-16-23(17-15-21)30-18-6-2-3-7-19-31-36/h4-5,8-17,30H,2-3,6-7,18-19H2,1H3,(H,33,35,37). The molecule has 0 aliphatic carbocycles. The summed E-state index contributed by atoms with van der Waals surface area (Å²) in [6.45, 7) is 1.28. The highest BCUT2D eigenvalue weighted by Gasteiger charge is 2.22. The molecule has 0 spiro atoms. The van der Waals surface area contributed by atoms with Gasteiger partial charge in [0.25, 0.3) is 5.91 Å². The van der Waals surface area contributed by atoms with E-state index in [1.165, 1.54) is 7.11 Å². The Balaban J connectivity index is 1.52. The van der Waals surface area contributed by atoms with E-state index in [1.54, 1.807) is 18.2 Å². The number of hydrogen-bond donors (Lipinski definition) is 2. The zero-order chi connectivity index (χ0) is 26.7. The maximum Gasteiger partial charge on any atom is 0.278 e. The van der Waals surface area contributed by atoms with Crippen molar-refractivity contribution in [3.05, 3.63) is 88.2 Å². The molecule has 4 aromatic rings. The van der Waals surface area contributed by atoms with Crippen LogP contribution in [0, 0.1) is 9.81 Å². The van der Waals surface area contributed by atoms with Crippen molar-refractivity contribution in [3.63, 3.8) is 0 Å². The number of anilines is 1. The van der Waals surface area contributed by atoms with Gasteiger partial charge in [-0.2, -0.15) is 4.91 Å². The normalized spacial score (nSPS) is 10.7. The SMILES string of the molecule is COc1c(-c2ccc(-c3ccc(NCCCCCCN=O)cc3)cc2)nc2ccccc2c1C(=O)NN=O. The van der Waals surface area contributed by atoms with Gasteiger partial charge in [-0.15, -0.1) is 4.91 Å². The largest absolute Gasteiger partial charge is 0.494 e.